The number of carbonyl (C=O) groups excluding carboxylic acids is 2. The molecule has 0 spiro atoms. The lowest BCUT2D eigenvalue weighted by Crippen LogP contribution is -2.16. The van der Waals surface area contributed by atoms with Crippen LogP contribution in [0.2, 0.25) is 0 Å². The molecule has 1 heterocycles. The number of esters is 1. The number of amides is 1. The molecule has 0 fully saturated rings. The summed E-state index contributed by atoms with van der Waals surface area (Å²) in [6.45, 7) is 1.88. The zero-order valence-electron chi connectivity index (χ0n) is 14.0. The normalized spacial score (nSPS) is 10.5. The molecule has 2 aromatic carbocycles. The minimum Gasteiger partial charge on any atom is -0.496 e. The summed E-state index contributed by atoms with van der Waals surface area (Å²) >= 11 is 1.42. The Morgan fingerprint density at radius 1 is 1.12 bits per heavy atom. The maximum atomic E-state index is 12.9. The molecule has 25 heavy (non-hydrogen) atoms. The first kappa shape index (κ1) is 16.9. The minimum absolute atomic E-state index is 0.282. The van der Waals surface area contributed by atoms with Crippen LogP contribution in [0.1, 0.15) is 25.7 Å². The van der Waals surface area contributed by atoms with Crippen LogP contribution in [-0.2, 0) is 4.74 Å². The van der Waals surface area contributed by atoms with E-state index in [1.165, 1.54) is 25.6 Å². The molecule has 3 aromatic rings. The van der Waals surface area contributed by atoms with Gasteiger partial charge >= 0.3 is 5.97 Å². The highest BCUT2D eigenvalue weighted by atomic mass is 32.1. The smallest absolute Gasteiger partial charge is 0.339 e. The van der Waals surface area contributed by atoms with Gasteiger partial charge in [-0.3, -0.25) is 4.79 Å². The number of para-hydroxylation sites is 1. The molecule has 0 radical (unpaired) electrons. The van der Waals surface area contributed by atoms with Crippen molar-refractivity contribution in [3.05, 3.63) is 52.5 Å². The second-order valence-electron chi connectivity index (χ2n) is 5.22. The number of carbonyl (C=O) groups is 2. The summed E-state index contributed by atoms with van der Waals surface area (Å²) in [6, 6.07) is 10.2. The lowest BCUT2D eigenvalue weighted by Gasteiger charge is -2.12. The van der Waals surface area contributed by atoms with E-state index in [9.17, 15) is 9.59 Å². The van der Waals surface area contributed by atoms with Crippen LogP contribution in [0.5, 0.6) is 5.75 Å². The molecule has 0 saturated heterocycles. The number of thiazole rings is 1. The largest absolute Gasteiger partial charge is 0.496 e. The zero-order chi connectivity index (χ0) is 18.0. The molecule has 1 aromatic heterocycles. The predicted molar refractivity (Wildman–Crippen MR) is 96.6 cm³/mol. The van der Waals surface area contributed by atoms with Crippen molar-refractivity contribution in [1.82, 2.24) is 4.98 Å². The van der Waals surface area contributed by atoms with Gasteiger partial charge < -0.3 is 14.8 Å². The molecule has 3 rings (SSSR count). The summed E-state index contributed by atoms with van der Waals surface area (Å²) in [6.07, 6.45) is 0. The molecule has 128 valence electrons. The summed E-state index contributed by atoms with van der Waals surface area (Å²) in [5, 5.41) is 3.63. The standard InChI is InChI=1S/C18H16N2O4S/c1-10-19-13-8-9-14(23-2)15(16(13)25-10)17(21)20-12-7-5-4-6-11(12)18(22)24-3/h4-9H,1-3H3,(H,20,21). The van der Waals surface area contributed by atoms with E-state index < -0.39 is 5.97 Å². The number of methoxy groups -OCH3 is 2. The van der Waals surface area contributed by atoms with Crippen LogP contribution in [0.4, 0.5) is 5.69 Å². The van der Waals surface area contributed by atoms with E-state index >= 15 is 0 Å². The number of anilines is 1. The van der Waals surface area contributed by atoms with Crippen molar-refractivity contribution in [2.24, 2.45) is 0 Å². The van der Waals surface area contributed by atoms with Gasteiger partial charge in [-0.2, -0.15) is 0 Å². The van der Waals surface area contributed by atoms with Crippen LogP contribution < -0.4 is 10.1 Å². The van der Waals surface area contributed by atoms with Crippen LogP contribution in [0, 0.1) is 6.92 Å². The van der Waals surface area contributed by atoms with Crippen molar-refractivity contribution < 1.29 is 19.1 Å². The van der Waals surface area contributed by atoms with Crippen molar-refractivity contribution in [2.45, 2.75) is 6.92 Å². The number of ether oxygens (including phenoxy) is 2. The fourth-order valence-corrected chi connectivity index (χ4v) is 3.49. The molecule has 7 heteroatoms. The van der Waals surface area contributed by atoms with E-state index in [-0.39, 0.29) is 11.5 Å². The molecule has 6 nitrogen and oxygen atoms in total. The summed E-state index contributed by atoms with van der Waals surface area (Å²) in [4.78, 5) is 29.2. The summed E-state index contributed by atoms with van der Waals surface area (Å²) in [7, 11) is 2.80. The third kappa shape index (κ3) is 3.18. The van der Waals surface area contributed by atoms with Gasteiger partial charge in [0.05, 0.1) is 40.7 Å². The minimum atomic E-state index is -0.519. The highest BCUT2D eigenvalue weighted by Crippen LogP contribution is 2.33. The van der Waals surface area contributed by atoms with Crippen molar-refractivity contribution >= 4 is 39.1 Å². The van der Waals surface area contributed by atoms with E-state index in [1.54, 1.807) is 30.3 Å². The summed E-state index contributed by atoms with van der Waals surface area (Å²) in [5.41, 5.74) is 1.78. The second kappa shape index (κ2) is 6.90. The quantitative estimate of drug-likeness (QED) is 0.722. The van der Waals surface area contributed by atoms with E-state index in [0.717, 1.165) is 15.2 Å². The van der Waals surface area contributed by atoms with Gasteiger partial charge in [-0.1, -0.05) is 12.1 Å². The molecule has 0 atom stereocenters. The number of aryl methyl sites for hydroxylation is 1. The van der Waals surface area contributed by atoms with Crippen molar-refractivity contribution in [3.8, 4) is 5.75 Å². The molecule has 0 aliphatic heterocycles. The molecule has 0 unspecified atom stereocenters. The highest BCUT2D eigenvalue weighted by molar-refractivity contribution is 7.19. The number of fused-ring (bicyclic) bond motifs is 1. The Bertz CT molecular complexity index is 965. The zero-order valence-corrected chi connectivity index (χ0v) is 14.8. The summed E-state index contributed by atoms with van der Waals surface area (Å²) in [5.74, 6) is -0.443. The number of rotatable bonds is 4. The van der Waals surface area contributed by atoms with E-state index in [1.807, 2.05) is 13.0 Å². The molecule has 0 bridgehead atoms. The number of hydrogen-bond acceptors (Lipinski definition) is 6. The topological polar surface area (TPSA) is 77.5 Å². The Labute approximate surface area is 148 Å². The predicted octanol–water partition coefficient (Wildman–Crippen LogP) is 3.65. The van der Waals surface area contributed by atoms with Crippen LogP contribution in [0.15, 0.2) is 36.4 Å². The fourth-order valence-electron chi connectivity index (χ4n) is 2.54. The maximum Gasteiger partial charge on any atom is 0.339 e. The SMILES string of the molecule is COC(=O)c1ccccc1NC(=O)c1c(OC)ccc2nc(C)sc12. The Hall–Kier alpha value is -2.93. The molecular formula is C18H16N2O4S. The van der Waals surface area contributed by atoms with Gasteiger partial charge in [0.15, 0.2) is 0 Å². The van der Waals surface area contributed by atoms with Crippen molar-refractivity contribution in [1.29, 1.82) is 0 Å². The lowest BCUT2D eigenvalue weighted by molar-refractivity contribution is 0.0602. The number of nitrogens with zero attached hydrogens (tertiary/aromatic N) is 1. The number of nitrogens with one attached hydrogen (secondary N) is 1. The van der Waals surface area contributed by atoms with Gasteiger partial charge in [-0.25, -0.2) is 9.78 Å². The number of benzene rings is 2. The van der Waals surface area contributed by atoms with Gasteiger partial charge in [-0.15, -0.1) is 11.3 Å². The van der Waals surface area contributed by atoms with Gasteiger partial charge in [0.2, 0.25) is 0 Å². The van der Waals surface area contributed by atoms with Crippen molar-refractivity contribution in [3.63, 3.8) is 0 Å². The van der Waals surface area contributed by atoms with Crippen LogP contribution in [-0.4, -0.2) is 31.1 Å². The van der Waals surface area contributed by atoms with Crippen LogP contribution in [0.25, 0.3) is 10.2 Å². The van der Waals surface area contributed by atoms with Gasteiger partial charge in [0.25, 0.3) is 5.91 Å². The van der Waals surface area contributed by atoms with Crippen molar-refractivity contribution in [2.75, 3.05) is 19.5 Å². The van der Waals surface area contributed by atoms with Crippen LogP contribution >= 0.6 is 11.3 Å². The maximum absolute atomic E-state index is 12.9. The lowest BCUT2D eigenvalue weighted by atomic mass is 10.1. The van der Waals surface area contributed by atoms with E-state index in [0.29, 0.717) is 17.0 Å². The molecule has 0 aliphatic rings. The Morgan fingerprint density at radius 2 is 1.88 bits per heavy atom. The van der Waals surface area contributed by atoms with Gasteiger partial charge in [-0.05, 0) is 31.2 Å². The molecule has 1 N–H and O–H groups in total. The van der Waals surface area contributed by atoms with Gasteiger partial charge in [0, 0.05) is 0 Å². The molecule has 1 amide bonds. The van der Waals surface area contributed by atoms with E-state index in [2.05, 4.69) is 10.3 Å². The average molecular weight is 356 g/mol. The second-order valence-corrected chi connectivity index (χ2v) is 6.42. The third-order valence-corrected chi connectivity index (χ3v) is 4.66. The first-order valence-electron chi connectivity index (χ1n) is 7.48. The first-order valence-corrected chi connectivity index (χ1v) is 8.29. The Morgan fingerprint density at radius 3 is 2.60 bits per heavy atom. The monoisotopic (exact) mass is 356 g/mol. The average Bonchev–Trinajstić information content (AvgIpc) is 3.00. The van der Waals surface area contributed by atoms with E-state index in [4.69, 9.17) is 9.47 Å². The molecule has 0 saturated carbocycles. The third-order valence-electron chi connectivity index (χ3n) is 3.65. The summed E-state index contributed by atoms with van der Waals surface area (Å²) < 4.78 is 10.8. The first-order chi connectivity index (χ1) is 12.0. The van der Waals surface area contributed by atoms with Gasteiger partial charge in [0.1, 0.15) is 11.3 Å². The highest BCUT2D eigenvalue weighted by Gasteiger charge is 2.21. The molecule has 0 aliphatic carbocycles. The van der Waals surface area contributed by atoms with Crippen LogP contribution in [0.3, 0.4) is 0 Å². The fraction of sp³-hybridized carbons (Fsp3) is 0.167. The number of aromatic nitrogens is 1. The Kier molecular flexibility index (Phi) is 4.67. The molecular weight excluding hydrogens is 340 g/mol. The number of hydrogen-bond donors (Lipinski definition) is 1. The Balaban J connectivity index is 2.05.